The van der Waals surface area contributed by atoms with E-state index in [2.05, 4.69) is 17.1 Å². The maximum atomic E-state index is 12.2. The molecule has 2 fully saturated rings. The highest BCUT2D eigenvalue weighted by Gasteiger charge is 2.38. The van der Waals surface area contributed by atoms with Gasteiger partial charge in [0, 0.05) is 23.9 Å². The first-order valence-corrected chi connectivity index (χ1v) is 8.01. The van der Waals surface area contributed by atoms with Crippen LogP contribution < -0.4 is 5.32 Å². The van der Waals surface area contributed by atoms with Crippen molar-refractivity contribution in [2.75, 3.05) is 13.1 Å². The number of nitrogens with one attached hydrogen (secondary N) is 1. The van der Waals surface area contributed by atoms with Crippen LogP contribution >= 0.6 is 0 Å². The topological polar surface area (TPSA) is 49.4 Å². The summed E-state index contributed by atoms with van der Waals surface area (Å²) < 4.78 is 0. The number of carbonyl (C=O) groups is 2. The van der Waals surface area contributed by atoms with Crippen LogP contribution in [0.4, 0.5) is 0 Å². The Kier molecular flexibility index (Phi) is 4.84. The molecule has 0 aromatic heterocycles. The van der Waals surface area contributed by atoms with E-state index in [0.29, 0.717) is 18.4 Å². The molecule has 2 aliphatic rings. The minimum atomic E-state index is -0.143. The molecule has 0 aromatic carbocycles. The van der Waals surface area contributed by atoms with E-state index >= 15 is 0 Å². The van der Waals surface area contributed by atoms with Gasteiger partial charge in [0.2, 0.25) is 5.91 Å². The van der Waals surface area contributed by atoms with Gasteiger partial charge >= 0.3 is 0 Å². The number of ketones is 1. The fraction of sp³-hybridized carbons (Fsp3) is 0.875. The molecule has 1 heterocycles. The van der Waals surface area contributed by atoms with Crippen molar-refractivity contribution in [3.63, 3.8) is 0 Å². The van der Waals surface area contributed by atoms with Gasteiger partial charge in [0.05, 0.1) is 6.54 Å². The van der Waals surface area contributed by atoms with E-state index in [-0.39, 0.29) is 17.4 Å². The van der Waals surface area contributed by atoms with Crippen LogP contribution in [0.25, 0.3) is 0 Å². The molecule has 1 saturated heterocycles. The number of hydrogen-bond donors (Lipinski definition) is 1. The Morgan fingerprint density at radius 3 is 2.70 bits per heavy atom. The first-order valence-electron chi connectivity index (χ1n) is 8.01. The van der Waals surface area contributed by atoms with Gasteiger partial charge in [-0.3, -0.25) is 14.5 Å². The summed E-state index contributed by atoms with van der Waals surface area (Å²) >= 11 is 0. The van der Waals surface area contributed by atoms with E-state index in [1.807, 2.05) is 13.8 Å². The molecule has 0 spiro atoms. The lowest BCUT2D eigenvalue weighted by Crippen LogP contribution is -2.49. The average Bonchev–Trinajstić information content (AvgIpc) is 2.97. The van der Waals surface area contributed by atoms with Gasteiger partial charge in [-0.05, 0) is 52.5 Å². The number of Topliss-reactive ketones (excluding diaryl/α,β-unsaturated/α-hetero) is 1. The summed E-state index contributed by atoms with van der Waals surface area (Å²) in [4.78, 5) is 26.3. The van der Waals surface area contributed by atoms with Crippen LogP contribution in [0.5, 0.6) is 0 Å². The van der Waals surface area contributed by atoms with Crippen LogP contribution in [0.2, 0.25) is 0 Å². The largest absolute Gasteiger partial charge is 0.350 e. The second-order valence-corrected chi connectivity index (χ2v) is 6.93. The number of hydrogen-bond acceptors (Lipinski definition) is 3. The smallest absolute Gasteiger partial charge is 0.234 e. The third-order valence-corrected chi connectivity index (χ3v) is 4.94. The number of likely N-dealkylation sites (tertiary alicyclic amines) is 1. The molecule has 1 aliphatic carbocycles. The van der Waals surface area contributed by atoms with Gasteiger partial charge in [0.25, 0.3) is 0 Å². The van der Waals surface area contributed by atoms with Crippen molar-refractivity contribution >= 4 is 11.7 Å². The molecule has 0 aromatic rings. The van der Waals surface area contributed by atoms with Crippen LogP contribution in [0.3, 0.4) is 0 Å². The summed E-state index contributed by atoms with van der Waals surface area (Å²) in [5, 5.41) is 3.09. The quantitative estimate of drug-likeness (QED) is 0.839. The first kappa shape index (κ1) is 15.5. The van der Waals surface area contributed by atoms with Crippen LogP contribution in [-0.2, 0) is 9.59 Å². The van der Waals surface area contributed by atoms with Gasteiger partial charge in [-0.15, -0.1) is 0 Å². The SMILES string of the molecule is CCC(C)(C)NC(=O)CN1CCCC1C1CCCC1=O. The minimum absolute atomic E-state index is 0.0918. The molecule has 0 bridgehead atoms. The maximum absolute atomic E-state index is 12.2. The molecule has 1 saturated carbocycles. The Hall–Kier alpha value is -0.900. The summed E-state index contributed by atoms with van der Waals surface area (Å²) in [7, 11) is 0. The molecule has 2 atom stereocenters. The highest BCUT2D eigenvalue weighted by Crippen LogP contribution is 2.33. The summed E-state index contributed by atoms with van der Waals surface area (Å²) in [5.74, 6) is 0.690. The van der Waals surface area contributed by atoms with E-state index in [1.54, 1.807) is 0 Å². The summed E-state index contributed by atoms with van der Waals surface area (Å²) in [6.07, 6.45) is 5.89. The number of amides is 1. The van der Waals surface area contributed by atoms with E-state index in [4.69, 9.17) is 0 Å². The Morgan fingerprint density at radius 2 is 2.10 bits per heavy atom. The van der Waals surface area contributed by atoms with E-state index in [1.165, 1.54) is 0 Å². The molecule has 0 radical (unpaired) electrons. The third kappa shape index (κ3) is 3.60. The van der Waals surface area contributed by atoms with E-state index in [9.17, 15) is 9.59 Å². The fourth-order valence-electron chi connectivity index (χ4n) is 3.44. The minimum Gasteiger partial charge on any atom is -0.350 e. The van der Waals surface area contributed by atoms with Crippen molar-refractivity contribution < 1.29 is 9.59 Å². The average molecular weight is 280 g/mol. The highest BCUT2D eigenvalue weighted by atomic mass is 16.2. The second-order valence-electron chi connectivity index (χ2n) is 6.93. The van der Waals surface area contributed by atoms with Gasteiger partial charge in [-0.25, -0.2) is 0 Å². The van der Waals surface area contributed by atoms with Crippen molar-refractivity contribution in [1.29, 1.82) is 0 Å². The lowest BCUT2D eigenvalue weighted by atomic mass is 9.95. The van der Waals surface area contributed by atoms with Crippen molar-refractivity contribution in [2.45, 2.75) is 70.9 Å². The number of carbonyl (C=O) groups excluding carboxylic acids is 2. The molecular formula is C16H28N2O2. The predicted octanol–water partition coefficient (Wildman–Crippen LogP) is 2.12. The van der Waals surface area contributed by atoms with Gasteiger partial charge in [0.1, 0.15) is 5.78 Å². The highest BCUT2D eigenvalue weighted by molar-refractivity contribution is 5.84. The number of rotatable bonds is 5. The Morgan fingerprint density at radius 1 is 1.35 bits per heavy atom. The molecule has 1 amide bonds. The molecule has 2 rings (SSSR count). The zero-order valence-corrected chi connectivity index (χ0v) is 13.1. The second kappa shape index (κ2) is 6.25. The monoisotopic (exact) mass is 280 g/mol. The number of nitrogens with zero attached hydrogens (tertiary/aromatic N) is 1. The predicted molar refractivity (Wildman–Crippen MR) is 79.5 cm³/mol. The molecule has 2 unspecified atom stereocenters. The standard InChI is InChI=1S/C16H28N2O2/c1-4-16(2,3)17-15(20)11-18-10-6-8-13(18)12-7-5-9-14(12)19/h12-13H,4-11H2,1-3H3,(H,17,20). The molecule has 1 N–H and O–H groups in total. The summed E-state index contributed by atoms with van der Waals surface area (Å²) in [6, 6.07) is 0.306. The van der Waals surface area contributed by atoms with Crippen molar-refractivity contribution in [3.05, 3.63) is 0 Å². The summed E-state index contributed by atoms with van der Waals surface area (Å²) in [5.41, 5.74) is -0.143. The van der Waals surface area contributed by atoms with Gasteiger partial charge in [-0.1, -0.05) is 6.92 Å². The summed E-state index contributed by atoms with van der Waals surface area (Å²) in [6.45, 7) is 7.57. The van der Waals surface area contributed by atoms with Crippen LogP contribution in [0.1, 0.15) is 59.3 Å². The van der Waals surface area contributed by atoms with Gasteiger partial charge < -0.3 is 5.32 Å². The lowest BCUT2D eigenvalue weighted by Gasteiger charge is -2.30. The van der Waals surface area contributed by atoms with Crippen LogP contribution in [0.15, 0.2) is 0 Å². The first-order chi connectivity index (χ1) is 9.43. The zero-order chi connectivity index (χ0) is 14.8. The molecular weight excluding hydrogens is 252 g/mol. The van der Waals surface area contributed by atoms with E-state index in [0.717, 1.165) is 45.1 Å². The van der Waals surface area contributed by atoms with E-state index < -0.39 is 0 Å². The lowest BCUT2D eigenvalue weighted by molar-refractivity contribution is -0.126. The van der Waals surface area contributed by atoms with Crippen LogP contribution in [0, 0.1) is 5.92 Å². The van der Waals surface area contributed by atoms with Gasteiger partial charge in [-0.2, -0.15) is 0 Å². The zero-order valence-electron chi connectivity index (χ0n) is 13.1. The normalized spacial score (nSPS) is 28.1. The molecule has 114 valence electrons. The Labute approximate surface area is 122 Å². The third-order valence-electron chi connectivity index (χ3n) is 4.94. The Balaban J connectivity index is 1.91. The molecule has 4 heteroatoms. The van der Waals surface area contributed by atoms with Crippen molar-refractivity contribution in [3.8, 4) is 0 Å². The molecule has 1 aliphatic heterocycles. The maximum Gasteiger partial charge on any atom is 0.234 e. The molecule has 20 heavy (non-hydrogen) atoms. The molecule has 4 nitrogen and oxygen atoms in total. The Bertz CT molecular complexity index is 379. The van der Waals surface area contributed by atoms with Gasteiger partial charge in [0.15, 0.2) is 0 Å². The van der Waals surface area contributed by atoms with Crippen molar-refractivity contribution in [1.82, 2.24) is 10.2 Å². The fourth-order valence-corrected chi connectivity index (χ4v) is 3.44. The van der Waals surface area contributed by atoms with Crippen LogP contribution in [-0.4, -0.2) is 41.3 Å². The van der Waals surface area contributed by atoms with Crippen molar-refractivity contribution in [2.24, 2.45) is 5.92 Å².